The van der Waals surface area contributed by atoms with Gasteiger partial charge in [0.05, 0.1) is 0 Å². The Kier molecular flexibility index (Phi) is 4.85. The molecule has 0 unspecified atom stereocenters. The van der Waals surface area contributed by atoms with Gasteiger partial charge < -0.3 is 9.80 Å². The average molecular weight is 382 g/mol. The van der Waals surface area contributed by atoms with Crippen molar-refractivity contribution in [3.8, 4) is 0 Å². The largest absolute Gasteiger partial charge is 0.338 e. The molecule has 2 aliphatic heterocycles. The summed E-state index contributed by atoms with van der Waals surface area (Å²) in [6.07, 6.45) is 11.8. The topological polar surface area (TPSA) is 53.5 Å². The molecule has 2 saturated heterocycles. The Morgan fingerprint density at radius 3 is 1.71 bits per heavy atom. The van der Waals surface area contributed by atoms with E-state index in [2.05, 4.69) is 4.98 Å². The second kappa shape index (κ2) is 7.49. The van der Waals surface area contributed by atoms with Crippen LogP contribution < -0.4 is 0 Å². The van der Waals surface area contributed by atoms with E-state index in [0.29, 0.717) is 34.9 Å². The molecule has 2 saturated carbocycles. The van der Waals surface area contributed by atoms with Crippen molar-refractivity contribution in [1.82, 2.24) is 14.8 Å². The van der Waals surface area contributed by atoms with Gasteiger partial charge >= 0.3 is 0 Å². The van der Waals surface area contributed by atoms with E-state index in [1.54, 1.807) is 18.3 Å². The van der Waals surface area contributed by atoms with Gasteiger partial charge in [-0.1, -0.05) is 25.7 Å². The summed E-state index contributed by atoms with van der Waals surface area (Å²) in [5.74, 6) is 2.74. The van der Waals surface area contributed by atoms with Crippen LogP contribution in [0.2, 0.25) is 0 Å². The van der Waals surface area contributed by atoms with E-state index in [9.17, 15) is 9.59 Å². The number of hydrogen-bond donors (Lipinski definition) is 0. The number of pyridine rings is 1. The van der Waals surface area contributed by atoms with Crippen molar-refractivity contribution in [3.63, 3.8) is 0 Å². The van der Waals surface area contributed by atoms with Gasteiger partial charge in [0.1, 0.15) is 5.69 Å². The van der Waals surface area contributed by atoms with E-state index < -0.39 is 0 Å². The maximum atomic E-state index is 13.1. The summed E-state index contributed by atoms with van der Waals surface area (Å²) in [5, 5.41) is 0. The second-order valence-corrected chi connectivity index (χ2v) is 9.46. The molecule has 5 rings (SSSR count). The van der Waals surface area contributed by atoms with Crippen LogP contribution in [0.15, 0.2) is 18.3 Å². The lowest BCUT2D eigenvalue weighted by Gasteiger charge is -2.22. The molecule has 0 spiro atoms. The summed E-state index contributed by atoms with van der Waals surface area (Å²) in [6, 6.07) is 3.50. The highest BCUT2D eigenvalue weighted by Gasteiger charge is 2.38. The summed E-state index contributed by atoms with van der Waals surface area (Å²) in [5.41, 5.74) is 1.05. The Bertz CT molecular complexity index is 677. The molecule has 1 aromatic rings. The maximum absolute atomic E-state index is 13.1. The molecular formula is C23H31N3O2. The molecule has 5 heteroatoms. The minimum atomic E-state index is -0.000795. The Morgan fingerprint density at radius 1 is 0.750 bits per heavy atom. The third kappa shape index (κ3) is 3.33. The molecule has 0 N–H and O–H groups in total. The van der Waals surface area contributed by atoms with Gasteiger partial charge in [0.15, 0.2) is 0 Å². The van der Waals surface area contributed by atoms with Crippen LogP contribution in [0.1, 0.15) is 72.2 Å². The minimum absolute atomic E-state index is 0.000795. The van der Waals surface area contributed by atoms with Gasteiger partial charge in [-0.3, -0.25) is 14.6 Å². The van der Waals surface area contributed by atoms with E-state index in [4.69, 9.17) is 0 Å². The summed E-state index contributed by atoms with van der Waals surface area (Å²) in [7, 11) is 0. The minimum Gasteiger partial charge on any atom is -0.338 e. The van der Waals surface area contributed by atoms with Crippen molar-refractivity contribution in [2.24, 2.45) is 23.7 Å². The number of aromatic nitrogens is 1. The van der Waals surface area contributed by atoms with E-state index in [1.807, 2.05) is 9.80 Å². The monoisotopic (exact) mass is 381 g/mol. The van der Waals surface area contributed by atoms with Crippen LogP contribution in [0.5, 0.6) is 0 Å². The SMILES string of the molecule is O=C(c1ccnc(C(=O)N2C[C@H]3CCCC[C@H]3C2)c1)N1C[C@H]2CCCC[C@H]2C1. The van der Waals surface area contributed by atoms with Gasteiger partial charge in [0.2, 0.25) is 0 Å². The predicted molar refractivity (Wildman–Crippen MR) is 107 cm³/mol. The van der Waals surface area contributed by atoms with Crippen molar-refractivity contribution in [3.05, 3.63) is 29.6 Å². The first-order valence-corrected chi connectivity index (χ1v) is 11.2. The van der Waals surface area contributed by atoms with Gasteiger partial charge in [0, 0.05) is 37.9 Å². The molecule has 3 heterocycles. The highest BCUT2D eigenvalue weighted by molar-refractivity contribution is 5.98. The molecule has 1 aromatic heterocycles. The van der Waals surface area contributed by atoms with Gasteiger partial charge in [-0.05, 0) is 61.5 Å². The lowest BCUT2D eigenvalue weighted by molar-refractivity contribution is 0.0777. The van der Waals surface area contributed by atoms with Gasteiger partial charge in [-0.15, -0.1) is 0 Å². The Balaban J connectivity index is 1.28. The molecule has 4 aliphatic rings. The number of hydrogen-bond acceptors (Lipinski definition) is 3. The number of rotatable bonds is 2. The molecule has 4 fully saturated rings. The van der Waals surface area contributed by atoms with Crippen molar-refractivity contribution in [2.45, 2.75) is 51.4 Å². The summed E-state index contributed by atoms with van der Waals surface area (Å²) in [4.78, 5) is 34.4. The van der Waals surface area contributed by atoms with Crippen LogP contribution in [-0.2, 0) is 0 Å². The molecule has 5 nitrogen and oxygen atoms in total. The molecule has 4 atom stereocenters. The molecule has 0 bridgehead atoms. The fourth-order valence-corrected chi connectivity index (χ4v) is 6.17. The molecule has 150 valence electrons. The maximum Gasteiger partial charge on any atom is 0.272 e. The van der Waals surface area contributed by atoms with Gasteiger partial charge in [-0.25, -0.2) is 0 Å². The lowest BCUT2D eigenvalue weighted by atomic mass is 9.82. The Morgan fingerprint density at radius 2 is 1.21 bits per heavy atom. The highest BCUT2D eigenvalue weighted by atomic mass is 16.2. The third-order valence-electron chi connectivity index (χ3n) is 7.75. The van der Waals surface area contributed by atoms with Crippen molar-refractivity contribution in [1.29, 1.82) is 0 Å². The third-order valence-corrected chi connectivity index (χ3v) is 7.75. The van der Waals surface area contributed by atoms with Crippen LogP contribution in [-0.4, -0.2) is 52.8 Å². The average Bonchev–Trinajstić information content (AvgIpc) is 3.36. The Hall–Kier alpha value is -1.91. The number of fused-ring (bicyclic) bond motifs is 2. The first-order valence-electron chi connectivity index (χ1n) is 11.2. The quantitative estimate of drug-likeness (QED) is 0.786. The van der Waals surface area contributed by atoms with E-state index in [-0.39, 0.29) is 11.8 Å². The van der Waals surface area contributed by atoms with Gasteiger partial charge in [-0.2, -0.15) is 0 Å². The summed E-state index contributed by atoms with van der Waals surface area (Å²) >= 11 is 0. The predicted octanol–water partition coefficient (Wildman–Crippen LogP) is 3.61. The summed E-state index contributed by atoms with van der Waals surface area (Å²) in [6.45, 7) is 3.48. The van der Waals surface area contributed by atoms with E-state index in [0.717, 1.165) is 26.2 Å². The zero-order chi connectivity index (χ0) is 19.1. The number of likely N-dealkylation sites (tertiary alicyclic amines) is 2. The van der Waals surface area contributed by atoms with Crippen molar-refractivity contribution < 1.29 is 9.59 Å². The normalized spacial score (nSPS) is 32.1. The molecule has 2 amide bonds. The first kappa shape index (κ1) is 18.1. The zero-order valence-corrected chi connectivity index (χ0v) is 16.7. The Labute approximate surface area is 167 Å². The van der Waals surface area contributed by atoms with E-state index >= 15 is 0 Å². The fraction of sp³-hybridized carbons (Fsp3) is 0.696. The second-order valence-electron chi connectivity index (χ2n) is 9.46. The fourth-order valence-electron chi connectivity index (χ4n) is 6.17. The summed E-state index contributed by atoms with van der Waals surface area (Å²) < 4.78 is 0. The molecular weight excluding hydrogens is 350 g/mol. The van der Waals surface area contributed by atoms with E-state index in [1.165, 1.54) is 51.4 Å². The van der Waals surface area contributed by atoms with Crippen LogP contribution in [0, 0.1) is 23.7 Å². The first-order chi connectivity index (χ1) is 13.7. The number of amides is 2. The molecule has 28 heavy (non-hydrogen) atoms. The van der Waals surface area contributed by atoms with Gasteiger partial charge in [0.25, 0.3) is 11.8 Å². The molecule has 0 radical (unpaired) electrons. The van der Waals surface area contributed by atoms with Crippen LogP contribution in [0.4, 0.5) is 0 Å². The standard InChI is InChI=1S/C23H31N3O2/c27-22(25-12-17-5-1-2-6-18(17)13-25)16-9-10-24-21(11-16)23(28)26-14-19-7-3-4-8-20(19)15-26/h9-11,17-20H,1-8,12-15H2/t17-,18+,19-,20+. The van der Waals surface area contributed by atoms with Crippen LogP contribution in [0.25, 0.3) is 0 Å². The number of carbonyl (C=O) groups is 2. The van der Waals surface area contributed by atoms with Crippen LogP contribution in [0.3, 0.4) is 0 Å². The molecule has 0 aromatic carbocycles. The highest BCUT2D eigenvalue weighted by Crippen LogP contribution is 2.37. The molecule has 2 aliphatic carbocycles. The number of carbonyl (C=O) groups excluding carboxylic acids is 2. The van der Waals surface area contributed by atoms with Crippen molar-refractivity contribution >= 4 is 11.8 Å². The zero-order valence-electron chi connectivity index (χ0n) is 16.7. The number of nitrogens with zero attached hydrogens (tertiary/aromatic N) is 3. The van der Waals surface area contributed by atoms with Crippen molar-refractivity contribution in [2.75, 3.05) is 26.2 Å². The van der Waals surface area contributed by atoms with Crippen LogP contribution >= 0.6 is 0 Å². The smallest absolute Gasteiger partial charge is 0.272 e. The lowest BCUT2D eigenvalue weighted by Crippen LogP contribution is -2.31.